The van der Waals surface area contributed by atoms with Gasteiger partial charge in [-0.15, -0.1) is 0 Å². The Bertz CT molecular complexity index is 531. The molecule has 1 heterocycles. The number of carbonyl (C=O) groups excluding carboxylic acids is 1. The van der Waals surface area contributed by atoms with E-state index < -0.39 is 43.4 Å². The maximum absolute atomic E-state index is 12.3. The monoisotopic (exact) mass is 520 g/mol. The molecule has 0 aliphatic carbocycles. The van der Waals surface area contributed by atoms with E-state index in [2.05, 4.69) is 13.8 Å². The summed E-state index contributed by atoms with van der Waals surface area (Å²) in [5.74, 6) is -0.333. The van der Waals surface area contributed by atoms with Crippen molar-refractivity contribution in [2.24, 2.45) is 0 Å². The molecule has 1 fully saturated rings. The second-order valence-electron chi connectivity index (χ2n) is 9.86. The number of ether oxygens (including phenoxy) is 4. The van der Waals surface area contributed by atoms with Gasteiger partial charge in [0.1, 0.15) is 30.5 Å². The van der Waals surface area contributed by atoms with Gasteiger partial charge in [-0.1, -0.05) is 84.5 Å². The van der Waals surface area contributed by atoms with Crippen molar-refractivity contribution in [3.63, 3.8) is 0 Å². The molecule has 1 aliphatic heterocycles. The molecular formula is C27H52O9. The summed E-state index contributed by atoms with van der Waals surface area (Å²) in [6.07, 6.45) is 7.62. The van der Waals surface area contributed by atoms with Crippen LogP contribution in [0.1, 0.15) is 104 Å². The van der Waals surface area contributed by atoms with Gasteiger partial charge < -0.3 is 39.4 Å². The summed E-state index contributed by atoms with van der Waals surface area (Å²) >= 11 is 0. The van der Waals surface area contributed by atoms with E-state index in [0.717, 1.165) is 38.5 Å². The molecule has 0 aromatic carbocycles. The van der Waals surface area contributed by atoms with Gasteiger partial charge in [0.05, 0.1) is 19.8 Å². The molecule has 0 radical (unpaired) electrons. The van der Waals surface area contributed by atoms with Crippen LogP contribution in [0.5, 0.6) is 0 Å². The van der Waals surface area contributed by atoms with Gasteiger partial charge in [0.25, 0.3) is 0 Å². The Morgan fingerprint density at radius 1 is 0.778 bits per heavy atom. The van der Waals surface area contributed by atoms with Gasteiger partial charge in [-0.2, -0.15) is 0 Å². The Morgan fingerprint density at radius 3 is 1.97 bits per heavy atom. The van der Waals surface area contributed by atoms with Crippen molar-refractivity contribution in [3.05, 3.63) is 0 Å². The molecule has 0 aromatic rings. The summed E-state index contributed by atoms with van der Waals surface area (Å²) in [5.41, 5.74) is 0. The second kappa shape index (κ2) is 21.2. The quantitative estimate of drug-likeness (QED) is 0.125. The van der Waals surface area contributed by atoms with Gasteiger partial charge in [0.2, 0.25) is 0 Å². The molecule has 0 bridgehead atoms. The zero-order valence-electron chi connectivity index (χ0n) is 22.5. The van der Waals surface area contributed by atoms with Gasteiger partial charge in [0, 0.05) is 13.0 Å². The van der Waals surface area contributed by atoms with Crippen molar-refractivity contribution in [1.82, 2.24) is 0 Å². The van der Waals surface area contributed by atoms with Crippen LogP contribution in [0.3, 0.4) is 0 Å². The topological polar surface area (TPSA) is 135 Å². The highest BCUT2D eigenvalue weighted by Crippen LogP contribution is 2.22. The normalized spacial score (nSPS) is 25.1. The van der Waals surface area contributed by atoms with E-state index in [9.17, 15) is 25.2 Å². The van der Waals surface area contributed by atoms with Crippen LogP contribution >= 0.6 is 0 Å². The van der Waals surface area contributed by atoms with E-state index in [0.29, 0.717) is 13.0 Å². The van der Waals surface area contributed by atoms with Gasteiger partial charge in [-0.3, -0.25) is 4.79 Å². The van der Waals surface area contributed by atoms with E-state index in [1.165, 1.54) is 44.9 Å². The number of unbranched alkanes of at least 4 members (excludes halogenated alkanes) is 11. The van der Waals surface area contributed by atoms with Crippen LogP contribution in [-0.4, -0.2) is 89.6 Å². The van der Waals surface area contributed by atoms with Crippen LogP contribution < -0.4 is 0 Å². The van der Waals surface area contributed by atoms with E-state index in [4.69, 9.17) is 18.9 Å². The van der Waals surface area contributed by atoms with Crippen LogP contribution in [0, 0.1) is 0 Å². The third-order valence-electron chi connectivity index (χ3n) is 6.52. The van der Waals surface area contributed by atoms with Crippen LogP contribution in [0.15, 0.2) is 0 Å². The molecule has 6 atom stereocenters. The summed E-state index contributed by atoms with van der Waals surface area (Å²) in [6, 6.07) is 0. The largest absolute Gasteiger partial charge is 0.457 e. The summed E-state index contributed by atoms with van der Waals surface area (Å²) in [5, 5.41) is 39.4. The minimum Gasteiger partial charge on any atom is -0.457 e. The molecule has 36 heavy (non-hydrogen) atoms. The summed E-state index contributed by atoms with van der Waals surface area (Å²) in [4.78, 5) is 12.3. The van der Waals surface area contributed by atoms with Crippen molar-refractivity contribution in [2.75, 3.05) is 26.4 Å². The number of aliphatic hydroxyl groups is 4. The van der Waals surface area contributed by atoms with Crippen molar-refractivity contribution in [1.29, 1.82) is 0 Å². The van der Waals surface area contributed by atoms with E-state index in [1.807, 2.05) is 0 Å². The second-order valence-corrected chi connectivity index (χ2v) is 9.86. The van der Waals surface area contributed by atoms with Crippen molar-refractivity contribution >= 4 is 5.97 Å². The molecule has 9 heteroatoms. The fourth-order valence-corrected chi connectivity index (χ4v) is 4.19. The molecule has 1 saturated heterocycles. The molecule has 1 aliphatic rings. The standard InChI is InChI=1S/C27H52O9/c1-3-5-7-9-10-11-12-13-15-17-33-19-21(35-23(29)16-14-8-6-4-2)20-34-27-26(32)25(31)24(30)22(18-28)36-27/h21-22,24-28,30-32H,3-20H2,1-2H3. The lowest BCUT2D eigenvalue weighted by Gasteiger charge is -2.39. The van der Waals surface area contributed by atoms with Crippen LogP contribution in [-0.2, 0) is 23.7 Å². The fourth-order valence-electron chi connectivity index (χ4n) is 4.19. The van der Waals surface area contributed by atoms with Gasteiger partial charge in [-0.05, 0) is 12.8 Å². The third kappa shape index (κ3) is 14.2. The number of hydrogen-bond acceptors (Lipinski definition) is 9. The lowest BCUT2D eigenvalue weighted by Crippen LogP contribution is -2.59. The van der Waals surface area contributed by atoms with E-state index >= 15 is 0 Å². The van der Waals surface area contributed by atoms with E-state index in [-0.39, 0.29) is 19.2 Å². The first-order chi connectivity index (χ1) is 17.4. The number of aliphatic hydroxyl groups excluding tert-OH is 4. The molecule has 0 aromatic heterocycles. The molecule has 0 spiro atoms. The minimum atomic E-state index is -1.52. The molecule has 9 nitrogen and oxygen atoms in total. The van der Waals surface area contributed by atoms with Gasteiger partial charge in [-0.25, -0.2) is 0 Å². The van der Waals surface area contributed by atoms with Gasteiger partial charge >= 0.3 is 5.97 Å². The number of rotatable bonds is 22. The zero-order valence-corrected chi connectivity index (χ0v) is 22.5. The molecular weight excluding hydrogens is 468 g/mol. The highest BCUT2D eigenvalue weighted by Gasteiger charge is 2.44. The van der Waals surface area contributed by atoms with Gasteiger partial charge in [0.15, 0.2) is 6.29 Å². The average Bonchev–Trinajstić information content (AvgIpc) is 2.87. The third-order valence-corrected chi connectivity index (χ3v) is 6.52. The Hall–Kier alpha value is -0.810. The lowest BCUT2D eigenvalue weighted by molar-refractivity contribution is -0.305. The van der Waals surface area contributed by atoms with Crippen LogP contribution in [0.25, 0.3) is 0 Å². The predicted octanol–water partition coefficient (Wildman–Crippen LogP) is 3.23. The molecule has 0 amide bonds. The molecule has 4 N–H and O–H groups in total. The number of hydrogen-bond donors (Lipinski definition) is 4. The fraction of sp³-hybridized carbons (Fsp3) is 0.963. The summed E-state index contributed by atoms with van der Waals surface area (Å²) in [6.45, 7) is 4.38. The van der Waals surface area contributed by atoms with Crippen molar-refractivity contribution < 1.29 is 44.2 Å². The molecule has 6 unspecified atom stereocenters. The maximum atomic E-state index is 12.3. The Labute approximate surface area is 217 Å². The first kappa shape index (κ1) is 33.2. The highest BCUT2D eigenvalue weighted by molar-refractivity contribution is 5.69. The lowest BCUT2D eigenvalue weighted by atomic mass is 9.99. The Morgan fingerprint density at radius 2 is 1.36 bits per heavy atom. The highest BCUT2D eigenvalue weighted by atomic mass is 16.7. The number of esters is 1. The smallest absolute Gasteiger partial charge is 0.306 e. The zero-order chi connectivity index (χ0) is 26.6. The summed E-state index contributed by atoms with van der Waals surface area (Å²) < 4.78 is 22.3. The number of carbonyl (C=O) groups is 1. The Kier molecular flexibility index (Phi) is 19.5. The molecule has 214 valence electrons. The maximum Gasteiger partial charge on any atom is 0.306 e. The van der Waals surface area contributed by atoms with Crippen LogP contribution in [0.2, 0.25) is 0 Å². The predicted molar refractivity (Wildman–Crippen MR) is 136 cm³/mol. The van der Waals surface area contributed by atoms with Crippen LogP contribution in [0.4, 0.5) is 0 Å². The first-order valence-electron chi connectivity index (χ1n) is 14.1. The minimum absolute atomic E-state index is 0.110. The molecule has 1 rings (SSSR count). The Balaban J connectivity index is 2.41. The SMILES string of the molecule is CCCCCCCCCCCOCC(COC1OC(CO)C(O)C(O)C1O)OC(=O)CCCCCC. The summed E-state index contributed by atoms with van der Waals surface area (Å²) in [7, 11) is 0. The first-order valence-corrected chi connectivity index (χ1v) is 14.1. The molecule has 0 saturated carbocycles. The van der Waals surface area contributed by atoms with Crippen molar-refractivity contribution in [2.45, 2.75) is 141 Å². The van der Waals surface area contributed by atoms with Crippen molar-refractivity contribution in [3.8, 4) is 0 Å². The average molecular weight is 521 g/mol. The van der Waals surface area contributed by atoms with E-state index in [1.54, 1.807) is 0 Å².